The number of para-hydroxylation sites is 1. The van der Waals surface area contributed by atoms with Crippen molar-refractivity contribution >= 4 is 35.0 Å². The molecule has 2 aromatic rings. The first-order valence-electron chi connectivity index (χ1n) is 7.07. The van der Waals surface area contributed by atoms with Crippen molar-refractivity contribution in [3.63, 3.8) is 0 Å². The van der Waals surface area contributed by atoms with Crippen LogP contribution in [0, 0.1) is 0 Å². The highest BCUT2D eigenvalue weighted by molar-refractivity contribution is 6.37. The van der Waals surface area contributed by atoms with Crippen LogP contribution >= 0.6 is 11.6 Å². The first-order chi connectivity index (χ1) is 11.1. The van der Waals surface area contributed by atoms with Crippen LogP contribution in [0.3, 0.4) is 0 Å². The number of amides is 3. The number of nitrogens with zero attached hydrogens (tertiary/aromatic N) is 1. The largest absolute Gasteiger partial charge is 0.326 e. The Hall–Kier alpha value is -2.66. The van der Waals surface area contributed by atoms with Crippen molar-refractivity contribution in [1.82, 2.24) is 4.90 Å². The lowest BCUT2D eigenvalue weighted by atomic mass is 10.1. The van der Waals surface area contributed by atoms with Gasteiger partial charge in [-0.15, -0.1) is 0 Å². The summed E-state index contributed by atoms with van der Waals surface area (Å²) in [5, 5.41) is 2.96. The molecule has 0 unspecified atom stereocenters. The first kappa shape index (κ1) is 15.2. The maximum atomic E-state index is 12.3. The summed E-state index contributed by atoms with van der Waals surface area (Å²) in [6.07, 6.45) is 0.0258. The lowest BCUT2D eigenvalue weighted by Gasteiger charge is -2.13. The summed E-state index contributed by atoms with van der Waals surface area (Å²) in [5.74, 6) is -1.14. The second-order valence-electron chi connectivity index (χ2n) is 5.09. The minimum absolute atomic E-state index is 0.0152. The number of benzene rings is 2. The van der Waals surface area contributed by atoms with E-state index in [1.54, 1.807) is 30.3 Å². The third kappa shape index (κ3) is 2.96. The lowest BCUT2D eigenvalue weighted by Crippen LogP contribution is -2.32. The number of halogens is 1. The van der Waals surface area contributed by atoms with Crippen LogP contribution in [0.4, 0.5) is 5.69 Å². The first-order valence-corrected chi connectivity index (χ1v) is 7.45. The van der Waals surface area contributed by atoms with Crippen LogP contribution in [0.1, 0.15) is 27.1 Å². The molecule has 1 aliphatic heterocycles. The third-order valence-electron chi connectivity index (χ3n) is 3.57. The van der Waals surface area contributed by atoms with Gasteiger partial charge in [0.15, 0.2) is 0 Å². The smallest absolute Gasteiger partial charge is 0.263 e. The highest BCUT2D eigenvalue weighted by Crippen LogP contribution is 2.29. The van der Waals surface area contributed by atoms with E-state index >= 15 is 0 Å². The Labute approximate surface area is 137 Å². The molecular weight excluding hydrogens is 316 g/mol. The van der Waals surface area contributed by atoms with Crippen molar-refractivity contribution in [3.8, 4) is 0 Å². The minimum Gasteiger partial charge on any atom is -0.326 e. The number of carbonyl (C=O) groups is 3. The average molecular weight is 329 g/mol. The molecule has 6 heteroatoms. The van der Waals surface area contributed by atoms with Crippen molar-refractivity contribution < 1.29 is 14.4 Å². The number of carbonyl (C=O) groups excluding carboxylic acids is 3. The van der Waals surface area contributed by atoms with Gasteiger partial charge in [0.1, 0.15) is 0 Å². The number of rotatable bonds is 4. The molecule has 1 heterocycles. The zero-order chi connectivity index (χ0) is 16.4. The molecular formula is C17H13ClN2O3. The number of fused-ring (bicyclic) bond motifs is 1. The molecule has 0 saturated heterocycles. The summed E-state index contributed by atoms with van der Waals surface area (Å²) in [7, 11) is 0. The molecule has 0 radical (unpaired) electrons. The summed E-state index contributed by atoms with van der Waals surface area (Å²) in [4.78, 5) is 37.5. The number of hydrogen-bond acceptors (Lipinski definition) is 3. The minimum atomic E-state index is -0.455. The van der Waals surface area contributed by atoms with Crippen LogP contribution < -0.4 is 5.32 Å². The molecule has 0 saturated carbocycles. The van der Waals surface area contributed by atoms with Gasteiger partial charge in [-0.1, -0.05) is 35.9 Å². The summed E-state index contributed by atoms with van der Waals surface area (Å²) >= 11 is 5.99. The summed E-state index contributed by atoms with van der Waals surface area (Å²) < 4.78 is 0. The van der Waals surface area contributed by atoms with Crippen LogP contribution in [-0.2, 0) is 4.79 Å². The Kier molecular flexibility index (Phi) is 4.12. The van der Waals surface area contributed by atoms with Gasteiger partial charge >= 0.3 is 0 Å². The fraction of sp³-hybridized carbons (Fsp3) is 0.118. The van der Waals surface area contributed by atoms with Crippen LogP contribution in [0.2, 0.25) is 5.02 Å². The lowest BCUT2D eigenvalue weighted by molar-refractivity contribution is -0.116. The molecule has 116 valence electrons. The van der Waals surface area contributed by atoms with E-state index in [-0.39, 0.29) is 35.0 Å². The van der Waals surface area contributed by atoms with Gasteiger partial charge in [0.2, 0.25) is 5.91 Å². The predicted molar refractivity (Wildman–Crippen MR) is 86.5 cm³/mol. The standard InChI is InChI=1S/C17H13ClN2O3/c18-13-8-4-7-12-15(13)17(23)20(16(12)22)10-9-14(21)19-11-5-2-1-3-6-11/h1-8H,9-10H2,(H,19,21). The van der Waals surface area contributed by atoms with E-state index in [0.29, 0.717) is 5.69 Å². The Morgan fingerprint density at radius 3 is 2.43 bits per heavy atom. The average Bonchev–Trinajstić information content (AvgIpc) is 2.79. The van der Waals surface area contributed by atoms with Gasteiger partial charge in [-0.2, -0.15) is 0 Å². The topological polar surface area (TPSA) is 66.5 Å². The molecule has 3 rings (SSSR count). The van der Waals surface area contributed by atoms with E-state index in [1.807, 2.05) is 18.2 Å². The van der Waals surface area contributed by atoms with E-state index in [1.165, 1.54) is 0 Å². The summed E-state index contributed by atoms with van der Waals surface area (Å²) in [6, 6.07) is 13.7. The molecule has 0 aromatic heterocycles. The van der Waals surface area contributed by atoms with E-state index in [4.69, 9.17) is 11.6 Å². The monoisotopic (exact) mass is 328 g/mol. The van der Waals surface area contributed by atoms with Crippen molar-refractivity contribution in [2.24, 2.45) is 0 Å². The van der Waals surface area contributed by atoms with Crippen molar-refractivity contribution in [3.05, 3.63) is 64.7 Å². The molecule has 0 aliphatic carbocycles. The molecule has 5 nitrogen and oxygen atoms in total. The molecule has 0 bridgehead atoms. The maximum absolute atomic E-state index is 12.3. The second kappa shape index (κ2) is 6.22. The fourth-order valence-electron chi connectivity index (χ4n) is 2.45. The third-order valence-corrected chi connectivity index (χ3v) is 3.88. The highest BCUT2D eigenvalue weighted by Gasteiger charge is 2.36. The zero-order valence-electron chi connectivity index (χ0n) is 12.1. The summed E-state index contributed by atoms with van der Waals surface area (Å²) in [5.41, 5.74) is 1.16. The van der Waals surface area contributed by atoms with Crippen LogP contribution in [0.5, 0.6) is 0 Å². The second-order valence-corrected chi connectivity index (χ2v) is 5.50. The molecule has 0 spiro atoms. The maximum Gasteiger partial charge on any atom is 0.263 e. The SMILES string of the molecule is O=C(CCN1C(=O)c2cccc(Cl)c2C1=O)Nc1ccccc1. The van der Waals surface area contributed by atoms with Gasteiger partial charge in [0.25, 0.3) is 11.8 Å². The van der Waals surface area contributed by atoms with Gasteiger partial charge in [-0.3, -0.25) is 19.3 Å². The van der Waals surface area contributed by atoms with Gasteiger partial charge < -0.3 is 5.32 Å². The zero-order valence-corrected chi connectivity index (χ0v) is 12.8. The number of hydrogen-bond donors (Lipinski definition) is 1. The van der Waals surface area contributed by atoms with Crippen molar-refractivity contribution in [1.29, 1.82) is 0 Å². The van der Waals surface area contributed by atoms with Crippen LogP contribution in [-0.4, -0.2) is 29.2 Å². The Morgan fingerprint density at radius 2 is 1.74 bits per heavy atom. The van der Waals surface area contributed by atoms with E-state index in [2.05, 4.69) is 5.32 Å². The molecule has 0 fully saturated rings. The van der Waals surface area contributed by atoms with Gasteiger partial charge in [-0.25, -0.2) is 0 Å². The van der Waals surface area contributed by atoms with Gasteiger partial charge in [-0.05, 0) is 24.3 Å². The van der Waals surface area contributed by atoms with Crippen molar-refractivity contribution in [2.45, 2.75) is 6.42 Å². The van der Waals surface area contributed by atoms with E-state index in [9.17, 15) is 14.4 Å². The molecule has 3 amide bonds. The van der Waals surface area contributed by atoms with Gasteiger partial charge in [0.05, 0.1) is 16.1 Å². The van der Waals surface area contributed by atoms with E-state index in [0.717, 1.165) is 4.90 Å². The Morgan fingerprint density at radius 1 is 1.00 bits per heavy atom. The molecule has 2 aromatic carbocycles. The number of anilines is 1. The summed E-state index contributed by atoms with van der Waals surface area (Å²) in [6.45, 7) is 0.0152. The molecule has 0 atom stereocenters. The normalized spacial score (nSPS) is 13.2. The Balaban J connectivity index is 1.66. The predicted octanol–water partition coefficient (Wildman–Crippen LogP) is 2.96. The molecule has 1 aliphatic rings. The van der Waals surface area contributed by atoms with Crippen LogP contribution in [0.15, 0.2) is 48.5 Å². The van der Waals surface area contributed by atoms with E-state index < -0.39 is 11.8 Å². The number of imide groups is 1. The fourth-order valence-corrected chi connectivity index (χ4v) is 2.71. The van der Waals surface area contributed by atoms with Gasteiger partial charge in [0, 0.05) is 18.7 Å². The van der Waals surface area contributed by atoms with Crippen LogP contribution in [0.25, 0.3) is 0 Å². The number of nitrogens with one attached hydrogen (secondary N) is 1. The van der Waals surface area contributed by atoms with Crippen molar-refractivity contribution in [2.75, 3.05) is 11.9 Å². The molecule has 23 heavy (non-hydrogen) atoms. The quantitative estimate of drug-likeness (QED) is 0.877. The Bertz CT molecular complexity index is 790. The molecule has 1 N–H and O–H groups in total. The highest BCUT2D eigenvalue weighted by atomic mass is 35.5.